The third-order valence-electron chi connectivity index (χ3n) is 3.04. The molecule has 3 nitrogen and oxygen atoms in total. The van der Waals surface area contributed by atoms with E-state index in [1.54, 1.807) is 0 Å². The number of hydrogen-bond acceptors (Lipinski definition) is 3. The molecular formula is C13H20ClNO2. The minimum Gasteiger partial charge on any atom is -0.504 e. The minimum atomic E-state index is 0.212. The van der Waals surface area contributed by atoms with E-state index in [1.807, 2.05) is 13.8 Å². The molecule has 96 valence electrons. The Bertz CT molecular complexity index is 405. The first-order chi connectivity index (χ1) is 8.04. The van der Waals surface area contributed by atoms with Gasteiger partial charge in [-0.15, -0.1) is 0 Å². The second-order valence-corrected chi connectivity index (χ2v) is 4.55. The summed E-state index contributed by atoms with van der Waals surface area (Å²) in [6.07, 6.45) is 2.64. The van der Waals surface area contributed by atoms with Crippen molar-refractivity contribution in [3.05, 3.63) is 21.7 Å². The predicted molar refractivity (Wildman–Crippen MR) is 71.1 cm³/mol. The molecule has 0 aliphatic carbocycles. The largest absolute Gasteiger partial charge is 0.504 e. The van der Waals surface area contributed by atoms with Gasteiger partial charge in [0, 0.05) is 11.1 Å². The van der Waals surface area contributed by atoms with E-state index in [1.165, 1.54) is 7.11 Å². The van der Waals surface area contributed by atoms with Crippen LogP contribution in [-0.2, 0) is 6.42 Å². The fraction of sp³-hybridized carbons (Fsp3) is 0.538. The maximum atomic E-state index is 10.2. The van der Waals surface area contributed by atoms with Gasteiger partial charge in [-0.1, -0.05) is 11.6 Å². The van der Waals surface area contributed by atoms with Crippen molar-refractivity contribution in [1.82, 2.24) is 0 Å². The van der Waals surface area contributed by atoms with Crippen LogP contribution in [0.4, 0.5) is 0 Å². The average molecular weight is 258 g/mol. The molecule has 0 radical (unpaired) electrons. The van der Waals surface area contributed by atoms with Crippen molar-refractivity contribution in [2.75, 3.05) is 13.7 Å². The Morgan fingerprint density at radius 1 is 1.24 bits per heavy atom. The van der Waals surface area contributed by atoms with Gasteiger partial charge in [-0.05, 0) is 45.2 Å². The molecule has 1 aromatic carbocycles. The summed E-state index contributed by atoms with van der Waals surface area (Å²) >= 11 is 6.24. The van der Waals surface area contributed by atoms with Crippen LogP contribution in [0.25, 0.3) is 0 Å². The molecule has 0 aliphatic heterocycles. The summed E-state index contributed by atoms with van der Waals surface area (Å²) in [5.74, 6) is 0.687. The Morgan fingerprint density at radius 3 is 2.41 bits per heavy atom. The molecule has 0 aromatic heterocycles. The number of aromatic hydroxyl groups is 1. The third-order valence-corrected chi connectivity index (χ3v) is 3.60. The number of phenols is 1. The molecule has 1 rings (SSSR count). The molecule has 0 unspecified atom stereocenters. The molecule has 4 heteroatoms. The lowest BCUT2D eigenvalue weighted by molar-refractivity contribution is 0.367. The van der Waals surface area contributed by atoms with Gasteiger partial charge in [0.15, 0.2) is 11.5 Å². The molecule has 0 atom stereocenters. The standard InChI is InChI=1S/C13H20ClNO2/c1-8-10(6-4-5-7-15)12(16)13(17-3)9(2)11(8)14/h16H,4-7,15H2,1-3H3. The van der Waals surface area contributed by atoms with E-state index in [9.17, 15) is 5.11 Å². The van der Waals surface area contributed by atoms with E-state index in [4.69, 9.17) is 22.1 Å². The molecule has 0 spiro atoms. The SMILES string of the molecule is COc1c(C)c(Cl)c(C)c(CCCCN)c1O. The lowest BCUT2D eigenvalue weighted by Gasteiger charge is -2.16. The highest BCUT2D eigenvalue weighted by Gasteiger charge is 2.18. The van der Waals surface area contributed by atoms with Crippen LogP contribution in [-0.4, -0.2) is 18.8 Å². The molecule has 0 bridgehead atoms. The van der Waals surface area contributed by atoms with Crippen molar-refractivity contribution in [3.8, 4) is 11.5 Å². The van der Waals surface area contributed by atoms with E-state index in [0.29, 0.717) is 17.3 Å². The summed E-state index contributed by atoms with van der Waals surface area (Å²) < 4.78 is 5.20. The number of nitrogens with two attached hydrogens (primary N) is 1. The van der Waals surface area contributed by atoms with Crippen LogP contribution in [0.3, 0.4) is 0 Å². The fourth-order valence-electron chi connectivity index (χ4n) is 2.01. The summed E-state index contributed by atoms with van der Waals surface area (Å²) in [4.78, 5) is 0. The molecule has 0 aliphatic rings. The monoisotopic (exact) mass is 257 g/mol. The number of phenolic OH excluding ortho intramolecular Hbond substituents is 1. The van der Waals surface area contributed by atoms with Crippen LogP contribution < -0.4 is 10.5 Å². The number of unbranched alkanes of at least 4 members (excludes halogenated alkanes) is 1. The molecule has 1 aromatic rings. The van der Waals surface area contributed by atoms with Crippen LogP contribution in [0.15, 0.2) is 0 Å². The van der Waals surface area contributed by atoms with E-state index < -0.39 is 0 Å². The second kappa shape index (κ2) is 6.12. The third kappa shape index (κ3) is 2.85. The van der Waals surface area contributed by atoms with Crippen molar-refractivity contribution < 1.29 is 9.84 Å². The highest BCUT2D eigenvalue weighted by Crippen LogP contribution is 2.41. The van der Waals surface area contributed by atoms with E-state index >= 15 is 0 Å². The predicted octanol–water partition coefficient (Wildman–Crippen LogP) is 2.95. The maximum absolute atomic E-state index is 10.2. The van der Waals surface area contributed by atoms with E-state index in [0.717, 1.165) is 36.0 Å². The van der Waals surface area contributed by atoms with Crippen LogP contribution in [0.5, 0.6) is 11.5 Å². The number of halogens is 1. The van der Waals surface area contributed by atoms with Gasteiger partial charge in [-0.25, -0.2) is 0 Å². The summed E-state index contributed by atoms with van der Waals surface area (Å²) in [7, 11) is 1.54. The molecule has 0 amide bonds. The van der Waals surface area contributed by atoms with Crippen LogP contribution in [0, 0.1) is 13.8 Å². The Kier molecular flexibility index (Phi) is 5.09. The van der Waals surface area contributed by atoms with Gasteiger partial charge in [0.25, 0.3) is 0 Å². The number of benzene rings is 1. The molecule has 0 saturated heterocycles. The normalized spacial score (nSPS) is 10.6. The number of methoxy groups -OCH3 is 1. The first kappa shape index (κ1) is 14.1. The molecular weight excluding hydrogens is 238 g/mol. The van der Waals surface area contributed by atoms with Crippen LogP contribution >= 0.6 is 11.6 Å². The van der Waals surface area contributed by atoms with Crippen LogP contribution in [0.1, 0.15) is 29.5 Å². The summed E-state index contributed by atoms with van der Waals surface area (Å²) in [5.41, 5.74) is 8.05. The van der Waals surface area contributed by atoms with Crippen molar-refractivity contribution in [2.45, 2.75) is 33.1 Å². The maximum Gasteiger partial charge on any atom is 0.165 e. The smallest absolute Gasteiger partial charge is 0.165 e. The molecule has 3 N–H and O–H groups in total. The molecule has 17 heavy (non-hydrogen) atoms. The highest BCUT2D eigenvalue weighted by atomic mass is 35.5. The van der Waals surface area contributed by atoms with E-state index in [-0.39, 0.29) is 5.75 Å². The van der Waals surface area contributed by atoms with Crippen molar-refractivity contribution >= 4 is 11.6 Å². The first-order valence-electron chi connectivity index (χ1n) is 5.79. The van der Waals surface area contributed by atoms with Gasteiger partial charge >= 0.3 is 0 Å². The number of rotatable bonds is 5. The topological polar surface area (TPSA) is 55.5 Å². The zero-order valence-corrected chi connectivity index (χ0v) is 11.4. The van der Waals surface area contributed by atoms with Crippen molar-refractivity contribution in [2.24, 2.45) is 5.73 Å². The van der Waals surface area contributed by atoms with Gasteiger partial charge in [0.05, 0.1) is 12.1 Å². The second-order valence-electron chi connectivity index (χ2n) is 4.17. The average Bonchev–Trinajstić information content (AvgIpc) is 2.32. The van der Waals surface area contributed by atoms with Gasteiger partial charge in [-0.2, -0.15) is 0 Å². The van der Waals surface area contributed by atoms with Gasteiger partial charge < -0.3 is 15.6 Å². The van der Waals surface area contributed by atoms with E-state index in [2.05, 4.69) is 0 Å². The quantitative estimate of drug-likeness (QED) is 0.798. The zero-order valence-electron chi connectivity index (χ0n) is 10.6. The summed E-state index contributed by atoms with van der Waals surface area (Å²) in [6, 6.07) is 0. The minimum absolute atomic E-state index is 0.212. The van der Waals surface area contributed by atoms with Gasteiger partial charge in [0.1, 0.15) is 0 Å². The van der Waals surface area contributed by atoms with Gasteiger partial charge in [0.2, 0.25) is 0 Å². The highest BCUT2D eigenvalue weighted by molar-refractivity contribution is 6.32. The Morgan fingerprint density at radius 2 is 1.88 bits per heavy atom. The Hall–Kier alpha value is -0.930. The molecule has 0 saturated carbocycles. The fourth-order valence-corrected chi connectivity index (χ4v) is 2.21. The van der Waals surface area contributed by atoms with Crippen LogP contribution in [0.2, 0.25) is 5.02 Å². The summed E-state index contributed by atoms with van der Waals surface area (Å²) in [6.45, 7) is 4.43. The van der Waals surface area contributed by atoms with Crippen molar-refractivity contribution in [3.63, 3.8) is 0 Å². The molecule has 0 heterocycles. The zero-order chi connectivity index (χ0) is 13.0. The number of hydrogen-bond donors (Lipinski definition) is 2. The first-order valence-corrected chi connectivity index (χ1v) is 6.16. The lowest BCUT2D eigenvalue weighted by atomic mass is 9.98. The lowest BCUT2D eigenvalue weighted by Crippen LogP contribution is -2.02. The van der Waals surface area contributed by atoms with Crippen molar-refractivity contribution in [1.29, 1.82) is 0 Å². The van der Waals surface area contributed by atoms with Gasteiger partial charge in [-0.3, -0.25) is 0 Å². The Balaban J connectivity index is 3.15. The number of ether oxygens (including phenoxy) is 1. The summed E-state index contributed by atoms with van der Waals surface area (Å²) in [5, 5.41) is 10.8. The molecule has 0 fully saturated rings. The Labute approximate surface area is 108 Å².